The van der Waals surface area contributed by atoms with Gasteiger partial charge in [-0.2, -0.15) is 0 Å². The van der Waals surface area contributed by atoms with E-state index in [-0.39, 0.29) is 42.5 Å². The third kappa shape index (κ3) is 3.68. The Morgan fingerprint density at radius 2 is 1.74 bits per heavy atom. The maximum Gasteiger partial charge on any atom is 0.410 e. The van der Waals surface area contributed by atoms with E-state index in [4.69, 9.17) is 4.74 Å². The summed E-state index contributed by atoms with van der Waals surface area (Å²) in [5.74, 6) is -0.466. The first-order chi connectivity index (χ1) is 16.1. The number of imide groups is 1. The Kier molecular flexibility index (Phi) is 5.47. The Morgan fingerprint density at radius 3 is 2.35 bits per heavy atom. The van der Waals surface area contributed by atoms with Crippen LogP contribution in [0.15, 0.2) is 46.9 Å². The number of ether oxygens (including phenoxy) is 1. The van der Waals surface area contributed by atoms with Crippen molar-refractivity contribution in [3.05, 3.63) is 63.6 Å². The van der Waals surface area contributed by atoms with Crippen molar-refractivity contribution < 1.29 is 19.1 Å². The molecule has 0 aliphatic carbocycles. The molecule has 0 unspecified atom stereocenters. The molecule has 7 nitrogen and oxygen atoms in total. The number of nitrogens with zero attached hydrogens (tertiary/aromatic N) is 3. The molecule has 34 heavy (non-hydrogen) atoms. The summed E-state index contributed by atoms with van der Waals surface area (Å²) in [7, 11) is 2.00. The fraction of sp³-hybridized carbons (Fsp3) is 0.423. The molecule has 5 rings (SSSR count). The summed E-state index contributed by atoms with van der Waals surface area (Å²) in [6.45, 7) is 6.42. The molecule has 3 aliphatic rings. The van der Waals surface area contributed by atoms with Gasteiger partial charge in [0.1, 0.15) is 5.60 Å². The molecule has 0 bridgehead atoms. The van der Waals surface area contributed by atoms with Gasteiger partial charge in [0.05, 0.1) is 29.8 Å². The number of fused-ring (bicyclic) bond motifs is 4. The molecule has 0 spiro atoms. The van der Waals surface area contributed by atoms with Crippen molar-refractivity contribution >= 4 is 39.5 Å². The summed E-state index contributed by atoms with van der Waals surface area (Å²) in [5, 5.41) is 0. The van der Waals surface area contributed by atoms with Crippen molar-refractivity contribution in [3.63, 3.8) is 0 Å². The molecule has 1 fully saturated rings. The van der Waals surface area contributed by atoms with Gasteiger partial charge in [-0.3, -0.25) is 14.5 Å². The molecule has 0 saturated carbocycles. The lowest BCUT2D eigenvalue weighted by Gasteiger charge is -2.46. The van der Waals surface area contributed by atoms with Crippen LogP contribution < -0.4 is 4.90 Å². The molecular weight excluding hydrogens is 498 g/mol. The zero-order chi connectivity index (χ0) is 24.4. The van der Waals surface area contributed by atoms with Crippen molar-refractivity contribution in [2.45, 2.75) is 44.9 Å². The number of likely N-dealkylation sites (N-methyl/N-ethyl adjacent to an activating group) is 1. The fourth-order valence-corrected chi connectivity index (χ4v) is 5.92. The summed E-state index contributed by atoms with van der Waals surface area (Å²) >= 11 is 3.58. The second-order valence-electron chi connectivity index (χ2n) is 10.2. The highest BCUT2D eigenvalue weighted by Gasteiger charge is 2.50. The first kappa shape index (κ1) is 22.9. The standard InChI is InChI=1S/C26H28BrN3O4/c1-26(2,3)34-25(33)29-12-11-18-21(28(4)20-10-9-15(27)13-19(20)22(18)29)14-30-23(31)16-7-5-6-8-17(16)24(30)32/h5-10,13,18,21-22H,11-12,14H2,1-4H3/t18-,21+,22-/m1/s1. The summed E-state index contributed by atoms with van der Waals surface area (Å²) in [5.41, 5.74) is 2.34. The number of hydrogen-bond donors (Lipinski definition) is 0. The van der Waals surface area contributed by atoms with Gasteiger partial charge in [-0.15, -0.1) is 0 Å². The Labute approximate surface area is 207 Å². The molecule has 3 amide bonds. The van der Waals surface area contributed by atoms with Crippen molar-refractivity contribution in [1.29, 1.82) is 0 Å². The number of halogens is 1. The lowest BCUT2D eigenvalue weighted by molar-refractivity contribution is 0.0188. The van der Waals surface area contributed by atoms with Crippen molar-refractivity contribution in [3.8, 4) is 0 Å². The third-order valence-electron chi connectivity index (χ3n) is 7.00. The van der Waals surface area contributed by atoms with E-state index in [1.807, 2.05) is 44.9 Å². The smallest absolute Gasteiger partial charge is 0.410 e. The van der Waals surface area contributed by atoms with Gasteiger partial charge in [0.2, 0.25) is 0 Å². The van der Waals surface area contributed by atoms with Crippen molar-refractivity contribution in [2.24, 2.45) is 5.92 Å². The highest BCUT2D eigenvalue weighted by atomic mass is 79.9. The molecule has 1 saturated heterocycles. The number of anilines is 1. The van der Waals surface area contributed by atoms with Gasteiger partial charge in [0.25, 0.3) is 11.8 Å². The fourth-order valence-electron chi connectivity index (χ4n) is 5.54. The zero-order valence-corrected chi connectivity index (χ0v) is 21.3. The highest BCUT2D eigenvalue weighted by Crippen LogP contribution is 2.50. The molecule has 0 N–H and O–H groups in total. The van der Waals surface area contributed by atoms with Crippen LogP contribution in [0.3, 0.4) is 0 Å². The van der Waals surface area contributed by atoms with Crippen LogP contribution in [0.5, 0.6) is 0 Å². The first-order valence-electron chi connectivity index (χ1n) is 11.5. The lowest BCUT2D eigenvalue weighted by Crippen LogP contribution is -2.53. The molecule has 0 radical (unpaired) electrons. The Morgan fingerprint density at radius 1 is 1.09 bits per heavy atom. The molecule has 0 aromatic heterocycles. The lowest BCUT2D eigenvalue weighted by atomic mass is 9.81. The number of rotatable bonds is 2. The number of benzene rings is 2. The maximum atomic E-state index is 13.2. The number of carbonyl (C=O) groups is 3. The maximum absolute atomic E-state index is 13.2. The van der Waals surface area contributed by atoms with Gasteiger partial charge in [-0.1, -0.05) is 28.1 Å². The predicted octanol–water partition coefficient (Wildman–Crippen LogP) is 4.86. The van der Waals surface area contributed by atoms with Gasteiger partial charge in [-0.25, -0.2) is 4.79 Å². The Bertz CT molecular complexity index is 1160. The monoisotopic (exact) mass is 525 g/mol. The molecule has 2 aromatic rings. The predicted molar refractivity (Wildman–Crippen MR) is 132 cm³/mol. The van der Waals surface area contributed by atoms with E-state index in [9.17, 15) is 14.4 Å². The quantitative estimate of drug-likeness (QED) is 0.523. The average molecular weight is 526 g/mol. The largest absolute Gasteiger partial charge is 0.444 e. The second-order valence-corrected chi connectivity index (χ2v) is 11.1. The third-order valence-corrected chi connectivity index (χ3v) is 7.49. The summed E-state index contributed by atoms with van der Waals surface area (Å²) < 4.78 is 6.67. The van der Waals surface area contributed by atoms with E-state index in [1.165, 1.54) is 4.90 Å². The zero-order valence-electron chi connectivity index (χ0n) is 19.7. The van der Waals surface area contributed by atoms with E-state index in [0.717, 1.165) is 22.1 Å². The minimum atomic E-state index is -0.597. The molecule has 2 aromatic carbocycles. The van der Waals surface area contributed by atoms with Crippen molar-refractivity contribution in [2.75, 3.05) is 25.0 Å². The van der Waals surface area contributed by atoms with Crippen LogP contribution in [-0.2, 0) is 4.74 Å². The van der Waals surface area contributed by atoms with E-state index >= 15 is 0 Å². The number of likely N-dealkylation sites (tertiary alicyclic amines) is 1. The number of carbonyl (C=O) groups excluding carboxylic acids is 3. The minimum absolute atomic E-state index is 0.0450. The van der Waals surface area contributed by atoms with Crippen LogP contribution in [0.2, 0.25) is 0 Å². The van der Waals surface area contributed by atoms with Crippen LogP contribution in [0, 0.1) is 5.92 Å². The summed E-state index contributed by atoms with van der Waals surface area (Å²) in [4.78, 5) is 44.7. The van der Waals surface area contributed by atoms with Gasteiger partial charge < -0.3 is 14.5 Å². The molecule has 3 aliphatic heterocycles. The van der Waals surface area contributed by atoms with Crippen LogP contribution >= 0.6 is 15.9 Å². The van der Waals surface area contributed by atoms with Gasteiger partial charge in [0.15, 0.2) is 0 Å². The summed E-state index contributed by atoms with van der Waals surface area (Å²) in [6.07, 6.45) is 0.420. The topological polar surface area (TPSA) is 70.2 Å². The number of hydrogen-bond acceptors (Lipinski definition) is 5. The van der Waals surface area contributed by atoms with E-state index in [1.54, 1.807) is 24.3 Å². The van der Waals surface area contributed by atoms with E-state index < -0.39 is 5.60 Å². The van der Waals surface area contributed by atoms with Crippen LogP contribution in [0.1, 0.15) is 59.5 Å². The van der Waals surface area contributed by atoms with Crippen LogP contribution in [-0.4, -0.2) is 59.5 Å². The van der Waals surface area contributed by atoms with Gasteiger partial charge >= 0.3 is 6.09 Å². The Balaban J connectivity index is 1.51. The van der Waals surface area contributed by atoms with Crippen molar-refractivity contribution in [1.82, 2.24) is 9.80 Å². The molecule has 3 heterocycles. The van der Waals surface area contributed by atoms with Gasteiger partial charge in [-0.05, 0) is 63.1 Å². The molecular formula is C26H28BrN3O4. The normalized spacial score (nSPS) is 23.7. The first-order valence-corrected chi connectivity index (χ1v) is 12.3. The SMILES string of the molecule is CN1c2ccc(Br)cc2[C@H]2[C@H](CCN2C(=O)OC(C)(C)C)[C@@H]1CN1C(=O)c2ccccc2C1=O. The van der Waals surface area contributed by atoms with E-state index in [0.29, 0.717) is 17.7 Å². The number of amides is 3. The van der Waals surface area contributed by atoms with E-state index in [2.05, 4.69) is 26.9 Å². The van der Waals surface area contributed by atoms with Gasteiger partial charge in [0, 0.05) is 29.7 Å². The highest BCUT2D eigenvalue weighted by molar-refractivity contribution is 9.10. The summed E-state index contributed by atoms with van der Waals surface area (Å²) in [6, 6.07) is 12.7. The minimum Gasteiger partial charge on any atom is -0.444 e. The molecule has 8 heteroatoms. The second kappa shape index (κ2) is 8.12. The molecule has 178 valence electrons. The molecule has 3 atom stereocenters. The Hall–Kier alpha value is -2.87. The van der Waals surface area contributed by atoms with Crippen LogP contribution in [0.4, 0.5) is 10.5 Å². The van der Waals surface area contributed by atoms with Crippen LogP contribution in [0.25, 0.3) is 0 Å². The average Bonchev–Trinajstić information content (AvgIpc) is 3.31.